The Hall–Kier alpha value is -2.21. The van der Waals surface area contributed by atoms with E-state index in [2.05, 4.69) is 10.4 Å². The van der Waals surface area contributed by atoms with Gasteiger partial charge in [0.1, 0.15) is 12.3 Å². The van der Waals surface area contributed by atoms with Gasteiger partial charge in [-0.1, -0.05) is 17.7 Å². The van der Waals surface area contributed by atoms with Crippen LogP contribution in [0.3, 0.4) is 0 Å². The van der Waals surface area contributed by atoms with Crippen LogP contribution >= 0.6 is 11.6 Å². The zero-order valence-corrected chi connectivity index (χ0v) is 11.7. The lowest BCUT2D eigenvalue weighted by molar-refractivity contribution is -0.118. The molecule has 1 amide bonds. The number of carbonyl (C=O) groups excluding carboxylic acids is 1. The van der Waals surface area contributed by atoms with Crippen molar-refractivity contribution in [1.82, 2.24) is 9.78 Å². The van der Waals surface area contributed by atoms with Gasteiger partial charge < -0.3 is 15.8 Å². The van der Waals surface area contributed by atoms with Crippen LogP contribution in [0, 0.1) is 0 Å². The van der Waals surface area contributed by atoms with E-state index in [4.69, 9.17) is 22.1 Å². The molecule has 0 radical (unpaired) electrons. The van der Waals surface area contributed by atoms with Crippen molar-refractivity contribution in [1.29, 1.82) is 0 Å². The fourth-order valence-electron chi connectivity index (χ4n) is 1.72. The van der Waals surface area contributed by atoms with Crippen LogP contribution in [0.1, 0.15) is 5.56 Å². The predicted molar refractivity (Wildman–Crippen MR) is 76.8 cm³/mol. The minimum atomic E-state index is -0.429. The predicted octanol–water partition coefficient (Wildman–Crippen LogP) is 1.64. The van der Waals surface area contributed by atoms with E-state index in [-0.39, 0.29) is 6.54 Å². The summed E-state index contributed by atoms with van der Waals surface area (Å²) in [6.07, 6.45) is 3.35. The number of carbonyl (C=O) groups is 1. The van der Waals surface area contributed by atoms with Gasteiger partial charge in [-0.15, -0.1) is 0 Å². The largest absolute Gasteiger partial charge is 0.495 e. The highest BCUT2D eigenvalue weighted by molar-refractivity contribution is 6.32. The molecule has 7 heteroatoms. The fraction of sp³-hybridized carbons (Fsp3) is 0.231. The Balaban J connectivity index is 1.96. The van der Waals surface area contributed by atoms with Gasteiger partial charge in [-0.3, -0.25) is 9.48 Å². The topological polar surface area (TPSA) is 82.2 Å². The van der Waals surface area contributed by atoms with Gasteiger partial charge in [-0.05, 0) is 17.7 Å². The molecule has 0 saturated heterocycles. The molecule has 106 valence electrons. The molecule has 0 saturated carbocycles. The molecule has 0 spiro atoms. The number of nitrogens with one attached hydrogen (secondary N) is 1. The molecule has 0 aliphatic rings. The first kappa shape index (κ1) is 14.2. The van der Waals surface area contributed by atoms with E-state index in [0.29, 0.717) is 17.3 Å². The molecule has 0 aliphatic carbocycles. The number of benzene rings is 1. The quantitative estimate of drug-likeness (QED) is 0.848. The maximum absolute atomic E-state index is 10.8. The summed E-state index contributed by atoms with van der Waals surface area (Å²) in [5, 5.41) is 7.77. The van der Waals surface area contributed by atoms with E-state index >= 15 is 0 Å². The Morgan fingerprint density at radius 2 is 2.35 bits per heavy atom. The highest BCUT2D eigenvalue weighted by Crippen LogP contribution is 2.25. The standard InChI is InChI=1S/C13H15ClN4O2/c1-20-12-3-2-9(4-11(12)14)5-16-10-6-17-18(7-10)8-13(15)19/h2-4,6-7,16H,5,8H2,1H3,(H2,15,19). The van der Waals surface area contributed by atoms with Gasteiger partial charge in [0.15, 0.2) is 0 Å². The molecule has 6 nitrogen and oxygen atoms in total. The van der Waals surface area contributed by atoms with Crippen molar-refractivity contribution < 1.29 is 9.53 Å². The molecule has 2 aromatic rings. The summed E-state index contributed by atoms with van der Waals surface area (Å²) in [5.41, 5.74) is 6.91. The number of ether oxygens (including phenoxy) is 1. The van der Waals surface area contributed by atoms with Crippen molar-refractivity contribution in [2.45, 2.75) is 13.1 Å². The third kappa shape index (κ3) is 3.64. The summed E-state index contributed by atoms with van der Waals surface area (Å²) in [6, 6.07) is 5.57. The number of nitrogens with two attached hydrogens (primary N) is 1. The molecule has 0 bridgehead atoms. The van der Waals surface area contributed by atoms with Crippen LogP contribution in [0.5, 0.6) is 5.75 Å². The number of anilines is 1. The Kier molecular flexibility index (Phi) is 4.47. The van der Waals surface area contributed by atoms with Crippen molar-refractivity contribution in [3.63, 3.8) is 0 Å². The number of aromatic nitrogens is 2. The molecule has 1 aromatic heterocycles. The van der Waals surface area contributed by atoms with Crippen LogP contribution in [-0.4, -0.2) is 22.8 Å². The molecular formula is C13H15ClN4O2. The van der Waals surface area contributed by atoms with Crippen molar-refractivity contribution in [3.8, 4) is 5.75 Å². The second kappa shape index (κ2) is 6.29. The Morgan fingerprint density at radius 1 is 1.55 bits per heavy atom. The zero-order valence-electron chi connectivity index (χ0n) is 11.0. The Labute approximate surface area is 121 Å². The highest BCUT2D eigenvalue weighted by Gasteiger charge is 2.04. The van der Waals surface area contributed by atoms with E-state index in [0.717, 1.165) is 11.3 Å². The van der Waals surface area contributed by atoms with Crippen LogP contribution in [0.2, 0.25) is 5.02 Å². The third-order valence-corrected chi connectivity index (χ3v) is 2.96. The maximum atomic E-state index is 10.8. The van der Waals surface area contributed by atoms with E-state index in [1.165, 1.54) is 4.68 Å². The molecular weight excluding hydrogens is 280 g/mol. The summed E-state index contributed by atoms with van der Waals surface area (Å²) >= 11 is 6.05. The molecule has 0 fully saturated rings. The van der Waals surface area contributed by atoms with E-state index < -0.39 is 5.91 Å². The highest BCUT2D eigenvalue weighted by atomic mass is 35.5. The van der Waals surface area contributed by atoms with Crippen LogP contribution in [-0.2, 0) is 17.9 Å². The van der Waals surface area contributed by atoms with Gasteiger partial charge in [0.05, 0.1) is 24.0 Å². The first-order valence-electron chi connectivity index (χ1n) is 5.95. The van der Waals surface area contributed by atoms with Crippen LogP contribution < -0.4 is 15.8 Å². The monoisotopic (exact) mass is 294 g/mol. The second-order valence-corrected chi connectivity index (χ2v) is 4.62. The lowest BCUT2D eigenvalue weighted by Crippen LogP contribution is -2.18. The Morgan fingerprint density at radius 3 is 3.00 bits per heavy atom. The summed E-state index contributed by atoms with van der Waals surface area (Å²) in [4.78, 5) is 10.8. The van der Waals surface area contributed by atoms with Gasteiger partial charge in [-0.25, -0.2) is 0 Å². The summed E-state index contributed by atoms with van der Waals surface area (Å²) in [7, 11) is 1.58. The van der Waals surface area contributed by atoms with Crippen LogP contribution in [0.25, 0.3) is 0 Å². The summed E-state index contributed by atoms with van der Waals surface area (Å²) in [6.45, 7) is 0.655. The maximum Gasteiger partial charge on any atom is 0.239 e. The number of primary amides is 1. The Bertz CT molecular complexity index is 612. The minimum Gasteiger partial charge on any atom is -0.495 e. The van der Waals surface area contributed by atoms with Crippen molar-refractivity contribution in [2.24, 2.45) is 5.73 Å². The smallest absolute Gasteiger partial charge is 0.239 e. The van der Waals surface area contributed by atoms with Crippen LogP contribution in [0.15, 0.2) is 30.6 Å². The normalized spacial score (nSPS) is 10.3. The van der Waals surface area contributed by atoms with E-state index in [1.54, 1.807) is 19.5 Å². The number of hydrogen-bond acceptors (Lipinski definition) is 4. The SMILES string of the molecule is COc1ccc(CNc2cnn(CC(N)=O)c2)cc1Cl. The molecule has 20 heavy (non-hydrogen) atoms. The molecule has 3 N–H and O–H groups in total. The average Bonchev–Trinajstić information content (AvgIpc) is 2.83. The number of rotatable bonds is 6. The average molecular weight is 295 g/mol. The summed E-state index contributed by atoms with van der Waals surface area (Å²) < 4.78 is 6.57. The number of amides is 1. The minimum absolute atomic E-state index is 0.0655. The molecule has 0 atom stereocenters. The first-order chi connectivity index (χ1) is 9.58. The fourth-order valence-corrected chi connectivity index (χ4v) is 2.01. The number of methoxy groups -OCH3 is 1. The molecule has 1 aromatic carbocycles. The lowest BCUT2D eigenvalue weighted by Gasteiger charge is -2.07. The molecule has 1 heterocycles. The summed E-state index contributed by atoms with van der Waals surface area (Å²) in [5.74, 6) is 0.214. The first-order valence-corrected chi connectivity index (χ1v) is 6.33. The molecule has 0 unspecified atom stereocenters. The van der Waals surface area contributed by atoms with Crippen molar-refractivity contribution in [3.05, 3.63) is 41.2 Å². The van der Waals surface area contributed by atoms with Crippen molar-refractivity contribution >= 4 is 23.2 Å². The number of nitrogens with zero attached hydrogens (tertiary/aromatic N) is 2. The number of hydrogen-bond donors (Lipinski definition) is 2. The zero-order chi connectivity index (χ0) is 14.5. The third-order valence-electron chi connectivity index (χ3n) is 2.66. The van der Waals surface area contributed by atoms with Crippen LogP contribution in [0.4, 0.5) is 5.69 Å². The lowest BCUT2D eigenvalue weighted by atomic mass is 10.2. The molecule has 2 rings (SSSR count). The van der Waals surface area contributed by atoms with E-state index in [9.17, 15) is 4.79 Å². The van der Waals surface area contributed by atoms with E-state index in [1.807, 2.05) is 18.2 Å². The molecule has 0 aliphatic heterocycles. The van der Waals surface area contributed by atoms with Gasteiger partial charge in [0.2, 0.25) is 5.91 Å². The second-order valence-electron chi connectivity index (χ2n) is 4.22. The van der Waals surface area contributed by atoms with Crippen molar-refractivity contribution in [2.75, 3.05) is 12.4 Å². The van der Waals surface area contributed by atoms with Gasteiger partial charge >= 0.3 is 0 Å². The number of halogens is 1. The van der Waals surface area contributed by atoms with Gasteiger partial charge in [0, 0.05) is 12.7 Å². The van der Waals surface area contributed by atoms with Gasteiger partial charge in [0.25, 0.3) is 0 Å². The van der Waals surface area contributed by atoms with Gasteiger partial charge in [-0.2, -0.15) is 5.10 Å².